The highest BCUT2D eigenvalue weighted by Crippen LogP contribution is 2.44. The van der Waals surface area contributed by atoms with Crippen molar-refractivity contribution in [3.8, 4) is 0 Å². The topological polar surface area (TPSA) is 88.1 Å². The Kier molecular flexibility index (Phi) is 5.75. The molecule has 2 amide bonds. The van der Waals surface area contributed by atoms with Crippen LogP contribution in [0, 0.1) is 11.3 Å². The van der Waals surface area contributed by atoms with Crippen molar-refractivity contribution in [1.82, 2.24) is 10.2 Å². The summed E-state index contributed by atoms with van der Waals surface area (Å²) in [5.41, 5.74) is -0.595. The molecule has 2 heterocycles. The molecule has 0 aromatic rings. The van der Waals surface area contributed by atoms with Gasteiger partial charge in [0.05, 0.1) is 0 Å². The lowest BCUT2D eigenvalue weighted by Crippen LogP contribution is -2.43. The largest absolute Gasteiger partial charge is 0.444 e. The average molecular weight is 342 g/mol. The third kappa shape index (κ3) is 4.60. The second-order valence-corrected chi connectivity index (χ2v) is 7.95. The van der Waals surface area contributed by atoms with Crippen LogP contribution >= 0.6 is 0 Å². The smallest absolute Gasteiger partial charge is 0.407 e. The van der Waals surface area contributed by atoms with Gasteiger partial charge in [0.1, 0.15) is 11.7 Å². The second-order valence-electron chi connectivity index (χ2n) is 7.95. The Morgan fingerprint density at radius 1 is 1.38 bits per heavy atom. The van der Waals surface area contributed by atoms with E-state index in [1.807, 2.05) is 20.8 Å². The Labute approximate surface area is 143 Å². The summed E-state index contributed by atoms with van der Waals surface area (Å²) in [6, 6.07) is 0. The van der Waals surface area contributed by atoms with Crippen LogP contribution in [0.4, 0.5) is 4.79 Å². The number of likely N-dealkylation sites (tertiary alicyclic amines) is 1. The van der Waals surface area contributed by atoms with Crippen molar-refractivity contribution in [3.63, 3.8) is 0 Å². The maximum Gasteiger partial charge on any atom is 0.407 e. The van der Waals surface area contributed by atoms with Crippen molar-refractivity contribution in [1.29, 1.82) is 0 Å². The Morgan fingerprint density at radius 3 is 2.54 bits per heavy atom. The van der Waals surface area contributed by atoms with Gasteiger partial charge in [-0.3, -0.25) is 4.79 Å². The Hall–Kier alpha value is -1.34. The maximum atomic E-state index is 12.2. The van der Waals surface area contributed by atoms with Crippen LogP contribution in [0.15, 0.2) is 0 Å². The van der Waals surface area contributed by atoms with E-state index in [1.54, 1.807) is 4.90 Å². The molecule has 0 aromatic heterocycles. The molecule has 2 N–H and O–H groups in total. The fraction of sp³-hybridized carbons (Fsp3) is 0.882. The lowest BCUT2D eigenvalue weighted by Gasteiger charge is -2.38. The predicted octanol–water partition coefficient (Wildman–Crippen LogP) is 1.15. The van der Waals surface area contributed by atoms with E-state index in [1.165, 1.54) is 6.92 Å². The van der Waals surface area contributed by atoms with Gasteiger partial charge in [-0.05, 0) is 46.0 Å². The van der Waals surface area contributed by atoms with Gasteiger partial charge in [0.2, 0.25) is 0 Å². The fourth-order valence-corrected chi connectivity index (χ4v) is 3.61. The van der Waals surface area contributed by atoms with E-state index in [0.29, 0.717) is 32.8 Å². The van der Waals surface area contributed by atoms with E-state index < -0.39 is 17.8 Å². The quantitative estimate of drug-likeness (QED) is 0.803. The summed E-state index contributed by atoms with van der Waals surface area (Å²) in [6.45, 7) is 9.91. The Morgan fingerprint density at radius 2 is 2.00 bits per heavy atom. The lowest BCUT2D eigenvalue weighted by molar-refractivity contribution is -0.138. The number of hydrogen-bond donors (Lipinski definition) is 2. The molecule has 2 aliphatic rings. The minimum Gasteiger partial charge on any atom is -0.444 e. The van der Waals surface area contributed by atoms with Gasteiger partial charge in [-0.25, -0.2) is 4.79 Å². The van der Waals surface area contributed by atoms with Gasteiger partial charge in [-0.2, -0.15) is 0 Å². The molecule has 2 aliphatic heterocycles. The monoisotopic (exact) mass is 342 g/mol. The van der Waals surface area contributed by atoms with Gasteiger partial charge < -0.3 is 24.8 Å². The summed E-state index contributed by atoms with van der Waals surface area (Å²) < 4.78 is 10.8. The zero-order valence-corrected chi connectivity index (χ0v) is 15.1. The SMILES string of the molecule is C[C@H](O)C(=O)N1C[C@@H](CNC(=O)OC(C)(C)C)C2(CCOCC2)C1. The van der Waals surface area contributed by atoms with E-state index >= 15 is 0 Å². The first-order valence-corrected chi connectivity index (χ1v) is 8.64. The summed E-state index contributed by atoms with van der Waals surface area (Å²) >= 11 is 0. The number of aliphatic hydroxyl groups excluding tert-OH is 1. The molecule has 0 bridgehead atoms. The molecular formula is C17H30N2O5. The highest BCUT2D eigenvalue weighted by Gasteiger charge is 2.48. The molecule has 0 aromatic carbocycles. The molecule has 0 saturated carbocycles. The summed E-state index contributed by atoms with van der Waals surface area (Å²) in [6.07, 6.45) is 0.276. The second kappa shape index (κ2) is 7.27. The van der Waals surface area contributed by atoms with Crippen LogP contribution in [0.5, 0.6) is 0 Å². The molecule has 2 fully saturated rings. The number of ether oxygens (including phenoxy) is 2. The molecule has 7 heteroatoms. The van der Waals surface area contributed by atoms with Crippen molar-refractivity contribution in [2.24, 2.45) is 11.3 Å². The van der Waals surface area contributed by atoms with E-state index in [-0.39, 0.29) is 17.2 Å². The lowest BCUT2D eigenvalue weighted by atomic mass is 9.72. The number of alkyl carbamates (subject to hydrolysis) is 1. The minimum absolute atomic E-state index is 0.0577. The van der Waals surface area contributed by atoms with Crippen LogP contribution < -0.4 is 5.32 Å². The van der Waals surface area contributed by atoms with Crippen LogP contribution in [-0.2, 0) is 14.3 Å². The van der Waals surface area contributed by atoms with Crippen LogP contribution in [0.1, 0.15) is 40.5 Å². The van der Waals surface area contributed by atoms with E-state index in [4.69, 9.17) is 9.47 Å². The molecule has 1 spiro atoms. The van der Waals surface area contributed by atoms with Crippen molar-refractivity contribution in [3.05, 3.63) is 0 Å². The number of hydrogen-bond acceptors (Lipinski definition) is 5. The molecule has 7 nitrogen and oxygen atoms in total. The zero-order chi connectivity index (χ0) is 18.0. The molecule has 2 saturated heterocycles. The third-order valence-corrected chi connectivity index (χ3v) is 4.86. The van der Waals surface area contributed by atoms with Gasteiger partial charge in [-0.1, -0.05) is 0 Å². The van der Waals surface area contributed by atoms with Crippen LogP contribution in [0.3, 0.4) is 0 Å². The first kappa shape index (κ1) is 19.0. The van der Waals surface area contributed by atoms with Gasteiger partial charge in [0.25, 0.3) is 5.91 Å². The van der Waals surface area contributed by atoms with Crippen molar-refractivity contribution >= 4 is 12.0 Å². The fourth-order valence-electron chi connectivity index (χ4n) is 3.61. The normalized spacial score (nSPS) is 24.7. The summed E-state index contributed by atoms with van der Waals surface area (Å²) in [4.78, 5) is 25.8. The summed E-state index contributed by atoms with van der Waals surface area (Å²) in [7, 11) is 0. The number of carbonyl (C=O) groups excluding carboxylic acids is 2. The number of nitrogens with one attached hydrogen (secondary N) is 1. The van der Waals surface area contributed by atoms with Crippen molar-refractivity contribution in [2.75, 3.05) is 32.8 Å². The van der Waals surface area contributed by atoms with Gasteiger partial charge in [0, 0.05) is 38.8 Å². The number of carbonyl (C=O) groups is 2. The zero-order valence-electron chi connectivity index (χ0n) is 15.1. The maximum absolute atomic E-state index is 12.2. The first-order chi connectivity index (χ1) is 11.1. The van der Waals surface area contributed by atoms with Gasteiger partial charge in [0.15, 0.2) is 0 Å². The molecule has 0 unspecified atom stereocenters. The average Bonchev–Trinajstić information content (AvgIpc) is 2.81. The van der Waals surface area contributed by atoms with E-state index in [2.05, 4.69) is 5.32 Å². The number of amides is 2. The molecule has 0 aliphatic carbocycles. The number of nitrogens with zero attached hydrogens (tertiary/aromatic N) is 1. The minimum atomic E-state index is -1.00. The van der Waals surface area contributed by atoms with E-state index in [9.17, 15) is 14.7 Å². The van der Waals surface area contributed by atoms with Crippen molar-refractivity contribution in [2.45, 2.75) is 52.2 Å². The Bertz CT molecular complexity index is 466. The summed E-state index contributed by atoms with van der Waals surface area (Å²) in [5.74, 6) is -0.114. The Balaban J connectivity index is 2.02. The first-order valence-electron chi connectivity index (χ1n) is 8.64. The predicted molar refractivity (Wildman–Crippen MR) is 88.5 cm³/mol. The van der Waals surface area contributed by atoms with Crippen molar-refractivity contribution < 1.29 is 24.2 Å². The van der Waals surface area contributed by atoms with Crippen LogP contribution in [0.25, 0.3) is 0 Å². The molecule has 24 heavy (non-hydrogen) atoms. The molecule has 2 rings (SSSR count). The van der Waals surface area contributed by atoms with Crippen LogP contribution in [0.2, 0.25) is 0 Å². The number of aliphatic hydroxyl groups is 1. The van der Waals surface area contributed by atoms with Gasteiger partial charge >= 0.3 is 6.09 Å². The standard InChI is InChI=1S/C17H30N2O5/c1-12(20)14(21)19-10-13(9-18-15(22)24-16(2,3)4)17(11-19)5-7-23-8-6-17/h12-13,20H,5-11H2,1-4H3,(H,18,22)/t12-,13+/m0/s1. The summed E-state index contributed by atoms with van der Waals surface area (Å²) in [5, 5.41) is 12.4. The highest BCUT2D eigenvalue weighted by molar-refractivity contribution is 5.80. The molecule has 2 atom stereocenters. The van der Waals surface area contributed by atoms with Gasteiger partial charge in [-0.15, -0.1) is 0 Å². The van der Waals surface area contributed by atoms with Crippen LogP contribution in [-0.4, -0.2) is 66.6 Å². The van der Waals surface area contributed by atoms with E-state index in [0.717, 1.165) is 12.8 Å². The molecule has 138 valence electrons. The number of rotatable bonds is 3. The molecular weight excluding hydrogens is 312 g/mol. The highest BCUT2D eigenvalue weighted by atomic mass is 16.6. The molecule has 0 radical (unpaired) electrons. The third-order valence-electron chi connectivity index (χ3n) is 4.86.